The molecule has 1 aromatic heterocycles. The van der Waals surface area contributed by atoms with Gasteiger partial charge in [0, 0.05) is 18.1 Å². The topological polar surface area (TPSA) is 148 Å². The highest BCUT2D eigenvalue weighted by Crippen LogP contribution is 2.34. The highest BCUT2D eigenvalue weighted by Gasteiger charge is 2.27. The molecule has 12 heteroatoms. The highest BCUT2D eigenvalue weighted by atomic mass is 32.2. The van der Waals surface area contributed by atoms with Crippen LogP contribution in [0.25, 0.3) is 0 Å². The third-order valence-corrected chi connectivity index (χ3v) is 10.00. The molecule has 0 fully saturated rings. The number of aromatic nitrogens is 2. The summed E-state index contributed by atoms with van der Waals surface area (Å²) in [5, 5.41) is 0. The van der Waals surface area contributed by atoms with Crippen LogP contribution < -0.4 is 18.8 Å². The summed E-state index contributed by atoms with van der Waals surface area (Å²) in [5.41, 5.74) is 11.3. The Hall–Kier alpha value is -4.16. The highest BCUT2D eigenvalue weighted by molar-refractivity contribution is 7.87. The van der Waals surface area contributed by atoms with Crippen molar-refractivity contribution in [1.82, 2.24) is 9.97 Å². The van der Waals surface area contributed by atoms with Crippen LogP contribution in [0.1, 0.15) is 50.2 Å². The fourth-order valence-electron chi connectivity index (χ4n) is 5.41. The quantitative estimate of drug-likeness (QED) is 0.241. The van der Waals surface area contributed by atoms with Gasteiger partial charge in [0.25, 0.3) is 0 Å². The summed E-state index contributed by atoms with van der Waals surface area (Å²) >= 11 is 0. The zero-order valence-electron chi connectivity index (χ0n) is 25.4. The average Bonchev–Trinajstić information content (AvgIpc) is 2.84. The molecular formula is C31H35N3O7S2. The number of nitrogen functional groups attached to an aromatic ring is 1. The molecule has 0 saturated carbocycles. The molecule has 0 saturated heterocycles. The number of rotatable bonds is 9. The number of nitrogens with zero attached hydrogens (tertiary/aromatic N) is 2. The van der Waals surface area contributed by atoms with Crippen molar-refractivity contribution in [2.45, 2.75) is 64.7 Å². The lowest BCUT2D eigenvalue weighted by Gasteiger charge is -2.17. The molecule has 0 aliphatic rings. The molecular weight excluding hydrogens is 590 g/mol. The van der Waals surface area contributed by atoms with E-state index in [4.69, 9.17) is 18.8 Å². The molecule has 0 aliphatic heterocycles. The van der Waals surface area contributed by atoms with Gasteiger partial charge in [0.05, 0.1) is 12.8 Å². The molecule has 2 N–H and O–H groups in total. The number of methoxy groups -OCH3 is 1. The molecule has 0 radical (unpaired) electrons. The first-order valence-corrected chi connectivity index (χ1v) is 16.2. The van der Waals surface area contributed by atoms with Crippen LogP contribution in [0.5, 0.6) is 17.4 Å². The van der Waals surface area contributed by atoms with Gasteiger partial charge in [-0.05, 0) is 82.3 Å². The Labute approximate surface area is 253 Å². The number of hydrogen-bond donors (Lipinski definition) is 1. The van der Waals surface area contributed by atoms with Crippen LogP contribution in [0.4, 0.5) is 5.95 Å². The van der Waals surface area contributed by atoms with E-state index in [1.807, 2.05) is 13.8 Å². The van der Waals surface area contributed by atoms with E-state index in [9.17, 15) is 16.8 Å². The van der Waals surface area contributed by atoms with Crippen LogP contribution in [0.3, 0.4) is 0 Å². The second-order valence-corrected chi connectivity index (χ2v) is 13.6. The molecule has 0 amide bonds. The monoisotopic (exact) mass is 625 g/mol. The molecule has 228 valence electrons. The van der Waals surface area contributed by atoms with Crippen LogP contribution >= 0.6 is 0 Å². The maximum atomic E-state index is 13.4. The molecule has 43 heavy (non-hydrogen) atoms. The Kier molecular flexibility index (Phi) is 8.75. The van der Waals surface area contributed by atoms with Crippen LogP contribution in [0, 0.1) is 48.5 Å². The number of anilines is 1. The summed E-state index contributed by atoms with van der Waals surface area (Å²) in [5.74, 6) is 0.000923. The molecule has 4 rings (SSSR count). The minimum absolute atomic E-state index is 0.0506. The summed E-state index contributed by atoms with van der Waals surface area (Å²) in [7, 11) is -6.99. The summed E-state index contributed by atoms with van der Waals surface area (Å²) in [6.07, 6.45) is 0.0925. The zero-order chi connectivity index (χ0) is 31.9. The summed E-state index contributed by atoms with van der Waals surface area (Å²) < 4.78 is 69.9. The fourth-order valence-corrected chi connectivity index (χ4v) is 8.09. The smallest absolute Gasteiger partial charge is 0.341 e. The second-order valence-electron chi connectivity index (χ2n) is 10.6. The normalized spacial score (nSPS) is 11.8. The van der Waals surface area contributed by atoms with E-state index in [-0.39, 0.29) is 33.8 Å². The van der Waals surface area contributed by atoms with E-state index in [1.54, 1.807) is 65.0 Å². The van der Waals surface area contributed by atoms with Crippen LogP contribution in [-0.2, 0) is 26.7 Å². The summed E-state index contributed by atoms with van der Waals surface area (Å²) in [6, 6.07) is 11.7. The number of benzene rings is 3. The first kappa shape index (κ1) is 31.8. The number of hydrogen-bond acceptors (Lipinski definition) is 10. The summed E-state index contributed by atoms with van der Waals surface area (Å²) in [6.45, 7) is 12.3. The average molecular weight is 626 g/mol. The van der Waals surface area contributed by atoms with Crippen molar-refractivity contribution in [3.63, 3.8) is 0 Å². The van der Waals surface area contributed by atoms with E-state index in [0.717, 1.165) is 11.1 Å². The largest absolute Gasteiger partial charge is 0.496 e. The van der Waals surface area contributed by atoms with E-state index in [2.05, 4.69) is 9.97 Å². The lowest BCUT2D eigenvalue weighted by Crippen LogP contribution is -2.17. The Balaban J connectivity index is 1.70. The van der Waals surface area contributed by atoms with Gasteiger partial charge in [-0.25, -0.2) is 4.98 Å². The number of ether oxygens (including phenoxy) is 1. The SMILES string of the molecule is COc1cc(OS(=O)(=O)c2c(C)cc(C)cc2C)ccc1Cc1c(C)nc(N)nc1OS(=O)(=O)c1c(C)cc(C)cc1C. The standard InChI is InChI=1S/C31H35N3O7S2/c1-17-11-19(3)28(20(4)12-17)42(35,36)40-25-10-9-24(27(16-25)39-8)15-26-23(7)33-31(32)34-30(26)41-43(37,38)29-21(5)13-18(2)14-22(29)6/h9-14,16H,15H2,1-8H3,(H2,32,33,34). The van der Waals surface area contributed by atoms with Crippen molar-refractivity contribution in [2.24, 2.45) is 0 Å². The molecule has 3 aromatic carbocycles. The minimum Gasteiger partial charge on any atom is -0.496 e. The summed E-state index contributed by atoms with van der Waals surface area (Å²) in [4.78, 5) is 8.48. The molecule has 1 heterocycles. The van der Waals surface area contributed by atoms with Crippen LogP contribution in [-0.4, -0.2) is 33.9 Å². The van der Waals surface area contributed by atoms with Crippen molar-refractivity contribution < 1.29 is 29.9 Å². The molecule has 0 atom stereocenters. The molecule has 0 spiro atoms. The third kappa shape index (κ3) is 6.75. The predicted octanol–water partition coefficient (Wildman–Crippen LogP) is 5.35. The van der Waals surface area contributed by atoms with Crippen molar-refractivity contribution in [2.75, 3.05) is 12.8 Å². The Morgan fingerprint density at radius 1 is 0.698 bits per heavy atom. The van der Waals surface area contributed by atoms with Crippen molar-refractivity contribution >= 4 is 26.2 Å². The Morgan fingerprint density at radius 2 is 1.19 bits per heavy atom. The maximum absolute atomic E-state index is 13.4. The molecule has 10 nitrogen and oxygen atoms in total. The van der Waals surface area contributed by atoms with E-state index >= 15 is 0 Å². The second kappa shape index (κ2) is 11.8. The van der Waals surface area contributed by atoms with Crippen molar-refractivity contribution in [3.05, 3.63) is 92.7 Å². The molecule has 0 aliphatic carbocycles. The van der Waals surface area contributed by atoms with Crippen LogP contribution in [0.2, 0.25) is 0 Å². The van der Waals surface area contributed by atoms with Gasteiger partial charge in [0.15, 0.2) is 0 Å². The van der Waals surface area contributed by atoms with Gasteiger partial charge in [0.2, 0.25) is 11.8 Å². The van der Waals surface area contributed by atoms with Crippen LogP contribution in [0.15, 0.2) is 52.3 Å². The molecule has 4 aromatic rings. The first-order valence-electron chi connectivity index (χ1n) is 13.4. The lowest BCUT2D eigenvalue weighted by atomic mass is 10.0. The molecule has 0 bridgehead atoms. The van der Waals surface area contributed by atoms with Crippen molar-refractivity contribution in [3.8, 4) is 17.4 Å². The van der Waals surface area contributed by atoms with Gasteiger partial charge in [-0.3, -0.25) is 0 Å². The van der Waals surface area contributed by atoms with E-state index in [0.29, 0.717) is 44.8 Å². The third-order valence-electron chi connectivity index (χ3n) is 6.92. The fraction of sp³-hybridized carbons (Fsp3) is 0.290. The minimum atomic E-state index is -4.28. The van der Waals surface area contributed by atoms with Crippen molar-refractivity contribution in [1.29, 1.82) is 0 Å². The number of nitrogens with two attached hydrogens (primary N) is 1. The Bertz CT molecular complexity index is 1910. The van der Waals surface area contributed by atoms with Gasteiger partial charge in [0.1, 0.15) is 21.3 Å². The predicted molar refractivity (Wildman–Crippen MR) is 164 cm³/mol. The number of aryl methyl sites for hydroxylation is 7. The maximum Gasteiger partial charge on any atom is 0.341 e. The van der Waals surface area contributed by atoms with Gasteiger partial charge in [-0.2, -0.15) is 21.8 Å². The zero-order valence-corrected chi connectivity index (χ0v) is 27.0. The Morgan fingerprint density at radius 3 is 1.67 bits per heavy atom. The first-order chi connectivity index (χ1) is 20.0. The van der Waals surface area contributed by atoms with E-state index in [1.165, 1.54) is 19.2 Å². The van der Waals surface area contributed by atoms with Gasteiger partial charge < -0.3 is 18.8 Å². The molecule has 0 unspecified atom stereocenters. The van der Waals surface area contributed by atoms with Gasteiger partial charge >= 0.3 is 20.2 Å². The van der Waals surface area contributed by atoms with Gasteiger partial charge in [-0.1, -0.05) is 41.5 Å². The lowest BCUT2D eigenvalue weighted by molar-refractivity contribution is 0.407. The van der Waals surface area contributed by atoms with Gasteiger partial charge in [-0.15, -0.1) is 0 Å². The van der Waals surface area contributed by atoms with E-state index < -0.39 is 20.2 Å².